The second kappa shape index (κ2) is 13.7. The van der Waals surface area contributed by atoms with Crippen LogP contribution in [0.4, 0.5) is 15.4 Å². The third-order valence-electron chi connectivity index (χ3n) is 8.59. The molecular weight excluding hydrogens is 662 g/mol. The van der Waals surface area contributed by atoms with E-state index in [1.54, 1.807) is 15.8 Å². The fourth-order valence-corrected chi connectivity index (χ4v) is 6.95. The van der Waals surface area contributed by atoms with Crippen LogP contribution in [-0.2, 0) is 34.0 Å². The van der Waals surface area contributed by atoms with Gasteiger partial charge >= 0.3 is 12.2 Å². The van der Waals surface area contributed by atoms with Gasteiger partial charge in [-0.2, -0.15) is 5.10 Å². The number of carbonyl (C=O) groups excluding carboxylic acids is 2. The van der Waals surface area contributed by atoms with E-state index < -0.39 is 25.4 Å². The third kappa shape index (κ3) is 9.23. The number of aromatic nitrogens is 4. The summed E-state index contributed by atoms with van der Waals surface area (Å²) >= 11 is 7.08. The van der Waals surface area contributed by atoms with Crippen LogP contribution in [-0.4, -0.2) is 81.3 Å². The van der Waals surface area contributed by atoms with Gasteiger partial charge in [-0.1, -0.05) is 43.4 Å². The second-order valence-corrected chi connectivity index (χ2v) is 22.7. The molecule has 49 heavy (non-hydrogen) atoms. The van der Waals surface area contributed by atoms with Gasteiger partial charge in [-0.3, -0.25) is 4.90 Å². The Hall–Kier alpha value is -3.42. The predicted molar refractivity (Wildman–Crippen MR) is 195 cm³/mol. The average molecular weight is 714 g/mol. The zero-order valence-corrected chi connectivity index (χ0v) is 32.5. The Bertz CT molecular complexity index is 1700. The van der Waals surface area contributed by atoms with Crippen LogP contribution in [0.1, 0.15) is 72.4 Å². The van der Waals surface area contributed by atoms with E-state index in [0.717, 1.165) is 41.4 Å². The smallest absolute Gasteiger partial charge is 0.410 e. The Morgan fingerprint density at radius 3 is 2.33 bits per heavy atom. The van der Waals surface area contributed by atoms with E-state index in [0.29, 0.717) is 54.7 Å². The van der Waals surface area contributed by atoms with Crippen molar-refractivity contribution in [3.8, 4) is 11.3 Å². The maximum atomic E-state index is 12.8. The number of benzene rings is 1. The van der Waals surface area contributed by atoms with Gasteiger partial charge in [-0.25, -0.2) is 24.2 Å². The maximum Gasteiger partial charge on any atom is 0.410 e. The van der Waals surface area contributed by atoms with Crippen LogP contribution < -0.4 is 10.2 Å². The predicted octanol–water partition coefficient (Wildman–Crippen LogP) is 7.59. The molecule has 4 heterocycles. The number of hydrogen-bond acceptors (Lipinski definition) is 9. The number of alkyl carbamates (subject to hydrolysis) is 1. The second-order valence-electron chi connectivity index (χ2n) is 16.7. The summed E-state index contributed by atoms with van der Waals surface area (Å²) in [6, 6.07) is 4.97. The minimum atomic E-state index is -1.28. The fraction of sp³-hybridized carbons (Fsp3) is 0.629. The number of nitrogens with one attached hydrogen (secondary N) is 1. The average Bonchev–Trinajstić information content (AvgIpc) is 3.56. The van der Waals surface area contributed by atoms with Gasteiger partial charge in [0, 0.05) is 45.4 Å². The lowest BCUT2D eigenvalue weighted by Crippen LogP contribution is -2.54. The normalized spacial score (nSPS) is 16.6. The highest BCUT2D eigenvalue weighted by atomic mass is 35.5. The molecule has 2 aliphatic rings. The Balaban J connectivity index is 1.40. The summed E-state index contributed by atoms with van der Waals surface area (Å²) < 4.78 is 19.0. The molecule has 1 aromatic carbocycles. The van der Waals surface area contributed by atoms with E-state index >= 15 is 0 Å². The summed E-state index contributed by atoms with van der Waals surface area (Å²) in [6.45, 7) is 23.2. The first-order valence-corrected chi connectivity index (χ1v) is 21.1. The van der Waals surface area contributed by atoms with Crippen molar-refractivity contribution in [2.24, 2.45) is 0 Å². The van der Waals surface area contributed by atoms with Crippen molar-refractivity contribution in [2.45, 2.75) is 124 Å². The van der Waals surface area contributed by atoms with E-state index in [2.05, 4.69) is 36.8 Å². The van der Waals surface area contributed by atoms with E-state index in [9.17, 15) is 9.59 Å². The van der Waals surface area contributed by atoms with Crippen LogP contribution in [0.2, 0.25) is 30.7 Å². The number of halogens is 1. The number of fused-ring (bicyclic) bond motifs is 2. The van der Waals surface area contributed by atoms with Gasteiger partial charge in [0.05, 0.1) is 17.8 Å². The number of anilines is 1. The highest BCUT2D eigenvalue weighted by molar-refractivity contribution is 6.76. The summed E-state index contributed by atoms with van der Waals surface area (Å²) in [5, 5.41) is 8.57. The van der Waals surface area contributed by atoms with Crippen molar-refractivity contribution in [1.82, 2.24) is 30.0 Å². The van der Waals surface area contributed by atoms with Crippen molar-refractivity contribution >= 4 is 48.8 Å². The van der Waals surface area contributed by atoms with Crippen LogP contribution in [0.15, 0.2) is 18.3 Å². The highest BCUT2D eigenvalue weighted by Crippen LogP contribution is 2.39. The molecule has 268 valence electrons. The SMILES string of the molecule is CC1(NC(=O)OC(C)(C)C)CCN(c2cnc3c(-c4ccc5c(c4Cl)CN(C(=O)OC(C)(C)C)C5)nn(COCC[Si](C)(C)C)c3n2)CC1. The standard InChI is InChI=1S/C35H52ClN7O5Si/c1-33(2,3)47-31(44)39-35(7)13-15-41(16-14-35)26-19-37-29-28(40-43(30(29)38-26)22-46-17-18-49(8,9)10)24-12-11-23-20-42(21-25(23)27(24)36)32(45)48-34(4,5)6/h11-12,19H,13-18,20-22H2,1-10H3,(H,39,44). The Kier molecular flexibility index (Phi) is 10.3. The molecule has 0 spiro atoms. The Morgan fingerprint density at radius 2 is 1.69 bits per heavy atom. The van der Waals surface area contributed by atoms with E-state index in [1.807, 2.05) is 53.7 Å². The maximum absolute atomic E-state index is 12.8. The van der Waals surface area contributed by atoms with Crippen molar-refractivity contribution < 1.29 is 23.8 Å². The van der Waals surface area contributed by atoms with Crippen molar-refractivity contribution in [1.29, 1.82) is 0 Å². The van der Waals surface area contributed by atoms with Gasteiger partial charge < -0.3 is 24.4 Å². The van der Waals surface area contributed by atoms with Crippen LogP contribution in [0.25, 0.3) is 22.4 Å². The number of carbonyl (C=O) groups is 2. The molecule has 2 aromatic heterocycles. The van der Waals surface area contributed by atoms with E-state index in [-0.39, 0.29) is 18.4 Å². The first-order chi connectivity index (χ1) is 22.7. The number of amides is 2. The van der Waals surface area contributed by atoms with Crippen molar-refractivity contribution in [3.63, 3.8) is 0 Å². The van der Waals surface area contributed by atoms with Crippen LogP contribution in [0.5, 0.6) is 0 Å². The highest BCUT2D eigenvalue weighted by Gasteiger charge is 2.35. The Labute approximate surface area is 295 Å². The number of hydrogen-bond donors (Lipinski definition) is 1. The van der Waals surface area contributed by atoms with E-state index in [4.69, 9.17) is 40.9 Å². The summed E-state index contributed by atoms with van der Waals surface area (Å²) in [6.07, 6.45) is 2.45. The van der Waals surface area contributed by atoms with Gasteiger partial charge in [0.1, 0.15) is 35.0 Å². The molecule has 2 amide bonds. The summed E-state index contributed by atoms with van der Waals surface area (Å²) in [4.78, 5) is 39.2. The first-order valence-electron chi connectivity index (χ1n) is 17.1. The molecule has 12 nitrogen and oxygen atoms in total. The molecule has 0 atom stereocenters. The lowest BCUT2D eigenvalue weighted by Gasteiger charge is -2.40. The topological polar surface area (TPSA) is 124 Å². The van der Waals surface area contributed by atoms with Crippen LogP contribution >= 0.6 is 11.6 Å². The van der Waals surface area contributed by atoms with Crippen LogP contribution in [0.3, 0.4) is 0 Å². The summed E-state index contributed by atoms with van der Waals surface area (Å²) in [5.41, 5.74) is 2.87. The molecular formula is C35H52ClN7O5Si. The van der Waals surface area contributed by atoms with Gasteiger partial charge in [0.2, 0.25) is 0 Å². The summed E-state index contributed by atoms with van der Waals surface area (Å²) in [5.74, 6) is 0.731. The number of piperidine rings is 1. The molecule has 0 unspecified atom stereocenters. The van der Waals surface area contributed by atoms with Crippen LogP contribution in [0, 0.1) is 0 Å². The zero-order valence-electron chi connectivity index (χ0n) is 30.7. The minimum Gasteiger partial charge on any atom is -0.444 e. The molecule has 2 aliphatic heterocycles. The lowest BCUT2D eigenvalue weighted by molar-refractivity contribution is 0.0241. The lowest BCUT2D eigenvalue weighted by atomic mass is 9.90. The molecule has 5 rings (SSSR count). The fourth-order valence-electron chi connectivity index (χ4n) is 5.86. The largest absolute Gasteiger partial charge is 0.444 e. The minimum absolute atomic E-state index is 0.228. The molecule has 0 saturated carbocycles. The van der Waals surface area contributed by atoms with Gasteiger partial charge in [0.15, 0.2) is 5.65 Å². The first kappa shape index (κ1) is 36.8. The molecule has 0 aliphatic carbocycles. The number of rotatable bonds is 8. The molecule has 3 aromatic rings. The van der Waals surface area contributed by atoms with Gasteiger partial charge in [-0.15, -0.1) is 0 Å². The quantitative estimate of drug-likeness (QED) is 0.186. The molecule has 14 heteroatoms. The molecule has 1 N–H and O–H groups in total. The monoisotopic (exact) mass is 713 g/mol. The summed E-state index contributed by atoms with van der Waals surface area (Å²) in [7, 11) is -1.28. The third-order valence-corrected chi connectivity index (χ3v) is 10.7. The van der Waals surface area contributed by atoms with Gasteiger partial charge in [-0.05, 0) is 78.5 Å². The Morgan fingerprint density at radius 1 is 1.02 bits per heavy atom. The molecule has 0 radical (unpaired) electrons. The van der Waals surface area contributed by atoms with Crippen molar-refractivity contribution in [2.75, 3.05) is 24.6 Å². The molecule has 0 bridgehead atoms. The molecule has 1 saturated heterocycles. The van der Waals surface area contributed by atoms with E-state index in [1.165, 1.54) is 0 Å². The number of nitrogens with zero attached hydrogens (tertiary/aromatic N) is 6. The molecule has 1 fully saturated rings. The van der Waals surface area contributed by atoms with Gasteiger partial charge in [0.25, 0.3) is 0 Å². The zero-order chi connectivity index (χ0) is 35.9. The number of ether oxygens (including phenoxy) is 3. The van der Waals surface area contributed by atoms with Crippen molar-refractivity contribution in [3.05, 3.63) is 34.5 Å².